The summed E-state index contributed by atoms with van der Waals surface area (Å²) in [6.07, 6.45) is 4.21. The van der Waals surface area contributed by atoms with Crippen LogP contribution in [0.3, 0.4) is 0 Å². The third kappa shape index (κ3) is 6.76. The lowest BCUT2D eigenvalue weighted by Gasteiger charge is -2.21. The maximum atomic E-state index is 12.9. The van der Waals surface area contributed by atoms with Gasteiger partial charge in [-0.15, -0.1) is 0 Å². The van der Waals surface area contributed by atoms with Crippen molar-refractivity contribution in [1.82, 2.24) is 20.3 Å². The van der Waals surface area contributed by atoms with Gasteiger partial charge in [-0.25, -0.2) is 9.97 Å². The quantitative estimate of drug-likeness (QED) is 0.370. The maximum Gasteiger partial charge on any atom is 0.257 e. The Balaban J connectivity index is 1.93. The van der Waals surface area contributed by atoms with Crippen LogP contribution < -0.4 is 26.0 Å². The molecule has 2 amide bonds. The second-order valence-electron chi connectivity index (χ2n) is 8.27. The predicted octanol–water partition coefficient (Wildman–Crippen LogP) is 4.02. The topological polar surface area (TPSA) is 130 Å². The average molecular weight is 462 g/mol. The van der Waals surface area contributed by atoms with Crippen molar-refractivity contribution in [2.75, 3.05) is 23.1 Å². The number of rotatable bonds is 8. The van der Waals surface area contributed by atoms with Gasteiger partial charge in [-0.1, -0.05) is 12.6 Å². The number of pyridine rings is 1. The highest BCUT2D eigenvalue weighted by molar-refractivity contribution is 6.00. The number of nitrogens with zero attached hydrogens (tertiary/aromatic N) is 3. The number of carbonyl (C=O) groups excluding carboxylic acids is 2. The van der Waals surface area contributed by atoms with Crippen molar-refractivity contribution in [3.8, 4) is 5.88 Å². The van der Waals surface area contributed by atoms with Gasteiger partial charge in [-0.05, 0) is 51.1 Å². The molecule has 0 unspecified atom stereocenters. The van der Waals surface area contributed by atoms with Gasteiger partial charge in [0.1, 0.15) is 11.4 Å². The molecule has 0 atom stereocenters. The molecule has 3 aromatic rings. The van der Waals surface area contributed by atoms with Crippen LogP contribution in [0.2, 0.25) is 0 Å². The molecule has 0 aliphatic heterocycles. The number of ether oxygens (including phenoxy) is 1. The molecule has 2 heterocycles. The van der Waals surface area contributed by atoms with Crippen molar-refractivity contribution >= 4 is 40.6 Å². The molecule has 0 radical (unpaired) electrons. The molecule has 10 heteroatoms. The zero-order chi connectivity index (χ0) is 24.7. The van der Waals surface area contributed by atoms with Crippen LogP contribution in [0.15, 0.2) is 61.4 Å². The van der Waals surface area contributed by atoms with E-state index in [1.165, 1.54) is 19.4 Å². The van der Waals surface area contributed by atoms with Crippen molar-refractivity contribution in [2.45, 2.75) is 26.3 Å². The number of hydrogen-bond acceptors (Lipinski definition) is 8. The summed E-state index contributed by atoms with van der Waals surface area (Å²) in [7, 11) is 1.54. The van der Waals surface area contributed by atoms with E-state index >= 15 is 0 Å². The molecule has 0 aliphatic carbocycles. The first-order chi connectivity index (χ1) is 16.2. The zero-order valence-corrected chi connectivity index (χ0v) is 19.5. The molecule has 10 nitrogen and oxygen atoms in total. The summed E-state index contributed by atoms with van der Waals surface area (Å²) in [4.78, 5) is 37.5. The molecule has 0 spiro atoms. The number of hydrogen-bond donors (Lipinski definition) is 4. The van der Waals surface area contributed by atoms with E-state index < -0.39 is 5.54 Å². The number of anilines is 5. The molecule has 0 saturated carbocycles. The molecule has 3 rings (SSSR count). The molecule has 34 heavy (non-hydrogen) atoms. The Hall–Kier alpha value is -4.47. The largest absolute Gasteiger partial charge is 0.481 e. The monoisotopic (exact) mass is 461 g/mol. The summed E-state index contributed by atoms with van der Waals surface area (Å²) >= 11 is 0. The minimum Gasteiger partial charge on any atom is -0.481 e. The lowest BCUT2D eigenvalue weighted by Crippen LogP contribution is -2.41. The van der Waals surface area contributed by atoms with Crippen LogP contribution in [0.5, 0.6) is 5.88 Å². The predicted molar refractivity (Wildman–Crippen MR) is 132 cm³/mol. The molecule has 0 saturated heterocycles. The molecule has 0 fully saturated rings. The Labute approximate surface area is 197 Å². The molecule has 4 N–H and O–H groups in total. The minimum atomic E-state index is -0.449. The fourth-order valence-corrected chi connectivity index (χ4v) is 2.82. The van der Waals surface area contributed by atoms with Gasteiger partial charge < -0.3 is 26.0 Å². The third-order valence-electron chi connectivity index (χ3n) is 4.30. The van der Waals surface area contributed by atoms with Crippen LogP contribution in [0.1, 0.15) is 31.1 Å². The van der Waals surface area contributed by atoms with Gasteiger partial charge in [0.25, 0.3) is 5.91 Å². The first-order valence-corrected chi connectivity index (χ1v) is 10.4. The highest BCUT2D eigenvalue weighted by Gasteiger charge is 2.20. The number of aromatic nitrogens is 3. The molecule has 0 aliphatic rings. The van der Waals surface area contributed by atoms with Crippen LogP contribution in [0.25, 0.3) is 0 Å². The van der Waals surface area contributed by atoms with E-state index in [1.807, 2.05) is 20.8 Å². The Morgan fingerprint density at radius 3 is 2.41 bits per heavy atom. The second kappa shape index (κ2) is 10.4. The average Bonchev–Trinajstić information content (AvgIpc) is 2.78. The van der Waals surface area contributed by atoms with Crippen LogP contribution in [-0.2, 0) is 4.79 Å². The zero-order valence-electron chi connectivity index (χ0n) is 19.5. The van der Waals surface area contributed by atoms with Crippen molar-refractivity contribution in [3.05, 3.63) is 67.0 Å². The fraction of sp³-hybridized carbons (Fsp3) is 0.208. The molecular formula is C24H27N7O3. The van der Waals surface area contributed by atoms with Crippen LogP contribution in [-0.4, -0.2) is 39.4 Å². The smallest absolute Gasteiger partial charge is 0.257 e. The number of carbonyl (C=O) groups is 2. The Bertz CT molecular complexity index is 1190. The van der Waals surface area contributed by atoms with Gasteiger partial charge >= 0.3 is 0 Å². The second-order valence-corrected chi connectivity index (χ2v) is 8.27. The van der Waals surface area contributed by atoms with Gasteiger partial charge in [0, 0.05) is 29.2 Å². The summed E-state index contributed by atoms with van der Waals surface area (Å²) in [6, 6.07) is 10.5. The first-order valence-electron chi connectivity index (χ1n) is 10.4. The SMILES string of the molecule is C=CC(=O)Nc1cccc(Nc2nc(Nc3ccc(OC)nc3)ncc2C(=O)NC(C)(C)C)c1. The molecule has 0 bridgehead atoms. The molecule has 176 valence electrons. The first kappa shape index (κ1) is 24.2. The van der Waals surface area contributed by atoms with Gasteiger partial charge in [0.15, 0.2) is 0 Å². The highest BCUT2D eigenvalue weighted by atomic mass is 16.5. The summed E-state index contributed by atoms with van der Waals surface area (Å²) in [6.45, 7) is 9.11. The van der Waals surface area contributed by atoms with E-state index in [0.717, 1.165) is 0 Å². The van der Waals surface area contributed by atoms with Crippen molar-refractivity contribution in [1.29, 1.82) is 0 Å². The van der Waals surface area contributed by atoms with E-state index in [1.54, 1.807) is 42.6 Å². The third-order valence-corrected chi connectivity index (χ3v) is 4.30. The van der Waals surface area contributed by atoms with Crippen molar-refractivity contribution in [3.63, 3.8) is 0 Å². The van der Waals surface area contributed by atoms with Crippen molar-refractivity contribution < 1.29 is 14.3 Å². The fourth-order valence-electron chi connectivity index (χ4n) is 2.82. The maximum absolute atomic E-state index is 12.9. The van der Waals surface area contributed by atoms with Crippen LogP contribution in [0, 0.1) is 0 Å². The number of methoxy groups -OCH3 is 1. The molecule has 2 aromatic heterocycles. The summed E-state index contributed by atoms with van der Waals surface area (Å²) in [5.41, 5.74) is 1.63. The van der Waals surface area contributed by atoms with Crippen LogP contribution >= 0.6 is 0 Å². The summed E-state index contributed by atoms with van der Waals surface area (Å²) in [5, 5.41) is 11.8. The lowest BCUT2D eigenvalue weighted by molar-refractivity contribution is -0.111. The van der Waals surface area contributed by atoms with E-state index in [9.17, 15) is 9.59 Å². The normalized spacial score (nSPS) is 10.7. The Morgan fingerprint density at radius 2 is 1.76 bits per heavy atom. The molecule has 1 aromatic carbocycles. The lowest BCUT2D eigenvalue weighted by atomic mass is 10.1. The minimum absolute atomic E-state index is 0.258. The summed E-state index contributed by atoms with van der Waals surface area (Å²) in [5.74, 6) is 0.366. The van der Waals surface area contributed by atoms with E-state index in [0.29, 0.717) is 22.9 Å². The van der Waals surface area contributed by atoms with Crippen LogP contribution in [0.4, 0.5) is 28.8 Å². The Kier molecular flexibility index (Phi) is 7.42. The Morgan fingerprint density at radius 1 is 1.00 bits per heavy atom. The van der Waals surface area contributed by atoms with E-state index in [2.05, 4.69) is 42.8 Å². The van der Waals surface area contributed by atoms with Gasteiger partial charge in [0.05, 0.1) is 19.0 Å². The number of benzene rings is 1. The molecular weight excluding hydrogens is 434 g/mol. The van der Waals surface area contributed by atoms with Crippen molar-refractivity contribution in [2.24, 2.45) is 0 Å². The standard InChI is InChI=1S/C24H27N7O3/c1-6-19(32)27-15-8-7-9-16(12-15)28-21-18(22(33)31-24(2,3)4)14-26-23(30-21)29-17-10-11-20(34-5)25-13-17/h6-14H,1H2,2-5H3,(H,27,32)(H,31,33)(H2,26,28,29,30). The summed E-state index contributed by atoms with van der Waals surface area (Å²) < 4.78 is 5.07. The number of nitrogens with one attached hydrogen (secondary N) is 4. The van der Waals surface area contributed by atoms with E-state index in [-0.39, 0.29) is 29.1 Å². The highest BCUT2D eigenvalue weighted by Crippen LogP contribution is 2.24. The van der Waals surface area contributed by atoms with Gasteiger partial charge in [-0.3, -0.25) is 9.59 Å². The number of amides is 2. The van der Waals surface area contributed by atoms with E-state index in [4.69, 9.17) is 4.74 Å². The van der Waals surface area contributed by atoms with Gasteiger partial charge in [0.2, 0.25) is 17.7 Å². The van der Waals surface area contributed by atoms with Gasteiger partial charge in [-0.2, -0.15) is 4.98 Å².